The summed E-state index contributed by atoms with van der Waals surface area (Å²) in [7, 11) is 0. The molecule has 7 heteroatoms. The average molecular weight is 427 g/mol. The van der Waals surface area contributed by atoms with Crippen LogP contribution in [0.1, 0.15) is 30.7 Å². The molecule has 4 rings (SSSR count). The second kappa shape index (κ2) is 9.84. The van der Waals surface area contributed by atoms with E-state index in [0.717, 1.165) is 22.7 Å². The predicted octanol–water partition coefficient (Wildman–Crippen LogP) is 3.20. The van der Waals surface area contributed by atoms with Gasteiger partial charge in [-0.2, -0.15) is 0 Å². The lowest BCUT2D eigenvalue weighted by molar-refractivity contribution is -0.543. The van der Waals surface area contributed by atoms with Crippen molar-refractivity contribution in [2.45, 2.75) is 25.8 Å². The van der Waals surface area contributed by atoms with E-state index >= 15 is 0 Å². The molecule has 0 amide bonds. The molecule has 1 aromatic heterocycles. The Labute approximate surface area is 186 Å². The number of hydrogen-bond donors (Lipinski definition) is 1. The summed E-state index contributed by atoms with van der Waals surface area (Å²) >= 11 is 0. The maximum absolute atomic E-state index is 11.1. The number of rotatable bonds is 8. The molecule has 1 aliphatic carbocycles. The van der Waals surface area contributed by atoms with E-state index in [2.05, 4.69) is 45.3 Å². The van der Waals surface area contributed by atoms with Crippen LogP contribution in [-0.2, 0) is 11.3 Å². The first kappa shape index (κ1) is 21.2. The van der Waals surface area contributed by atoms with Crippen molar-refractivity contribution in [3.8, 4) is 17.6 Å². The Morgan fingerprint density at radius 2 is 2.03 bits per heavy atom. The predicted molar refractivity (Wildman–Crippen MR) is 121 cm³/mol. The molecule has 0 saturated carbocycles. The Hall–Kier alpha value is -4.05. The minimum absolute atomic E-state index is 0.0214. The van der Waals surface area contributed by atoms with E-state index in [0.29, 0.717) is 18.9 Å². The standard InChI is InChI=1S/C25H22N4O3/c1-2-4-20(14-25(30)31)19-7-9-22(10-8-19)32-17-18-5-6-21-15-29(28-23(21)13-18)16-24-26-11-3-12-27-24/h3,5-13,15,20-21H,14,16-17H2,1H3/p+1/t20-,21?/m0/s1. The highest BCUT2D eigenvalue weighted by molar-refractivity contribution is 6.09. The minimum atomic E-state index is -0.866. The third-order valence-corrected chi connectivity index (χ3v) is 5.08. The Kier molecular flexibility index (Phi) is 6.52. The van der Waals surface area contributed by atoms with Gasteiger partial charge in [0.15, 0.2) is 12.0 Å². The maximum Gasteiger partial charge on any atom is 0.304 e. The van der Waals surface area contributed by atoms with Crippen molar-refractivity contribution in [2.75, 3.05) is 6.61 Å². The van der Waals surface area contributed by atoms with Crippen LogP contribution in [0.4, 0.5) is 0 Å². The smallest absolute Gasteiger partial charge is 0.304 e. The lowest BCUT2D eigenvalue weighted by atomic mass is 9.96. The number of allylic oxidation sites excluding steroid dienone is 2. The molecular formula is C25H23N4O3+. The number of nitrogens with zero attached hydrogens (tertiary/aromatic N) is 4. The van der Waals surface area contributed by atoms with Gasteiger partial charge in [0.25, 0.3) is 0 Å². The number of aliphatic carboxylic acids is 1. The molecule has 32 heavy (non-hydrogen) atoms. The molecule has 1 aliphatic heterocycles. The Morgan fingerprint density at radius 1 is 1.25 bits per heavy atom. The monoisotopic (exact) mass is 427 g/mol. The van der Waals surface area contributed by atoms with Gasteiger partial charge in [-0.05, 0) is 47.4 Å². The van der Waals surface area contributed by atoms with Crippen molar-refractivity contribution < 1.29 is 19.3 Å². The normalized spacial score (nSPS) is 17.3. The zero-order valence-corrected chi connectivity index (χ0v) is 17.7. The quantitative estimate of drug-likeness (QED) is 0.516. The van der Waals surface area contributed by atoms with Gasteiger partial charge in [0.2, 0.25) is 6.54 Å². The molecule has 2 heterocycles. The minimum Gasteiger partial charge on any atom is -0.489 e. The van der Waals surface area contributed by atoms with Crippen molar-refractivity contribution >= 4 is 17.9 Å². The molecule has 160 valence electrons. The van der Waals surface area contributed by atoms with Gasteiger partial charge in [-0.15, -0.1) is 5.92 Å². The molecule has 2 atom stereocenters. The third-order valence-electron chi connectivity index (χ3n) is 5.08. The fraction of sp³-hybridized carbons (Fsp3) is 0.240. The molecule has 2 aromatic rings. The number of ether oxygens (including phenoxy) is 1. The molecule has 2 aliphatic rings. The topological polar surface area (TPSA) is 87.7 Å². The van der Waals surface area contributed by atoms with Gasteiger partial charge in [-0.1, -0.05) is 34.9 Å². The Bertz CT molecular complexity index is 1170. The van der Waals surface area contributed by atoms with E-state index in [-0.39, 0.29) is 18.3 Å². The van der Waals surface area contributed by atoms with Crippen LogP contribution in [0.25, 0.3) is 0 Å². The first-order chi connectivity index (χ1) is 15.6. The van der Waals surface area contributed by atoms with E-state index in [1.54, 1.807) is 25.4 Å². The maximum atomic E-state index is 11.1. The summed E-state index contributed by atoms with van der Waals surface area (Å²) in [5.41, 5.74) is 2.86. The number of benzene rings is 1. The second-order valence-corrected chi connectivity index (χ2v) is 7.44. The van der Waals surface area contributed by atoms with Crippen LogP contribution in [0.3, 0.4) is 0 Å². The van der Waals surface area contributed by atoms with Gasteiger partial charge in [0.05, 0.1) is 12.3 Å². The van der Waals surface area contributed by atoms with Crippen LogP contribution in [0.2, 0.25) is 0 Å². The highest BCUT2D eigenvalue weighted by Gasteiger charge is 2.27. The van der Waals surface area contributed by atoms with Gasteiger partial charge in [0, 0.05) is 12.4 Å². The van der Waals surface area contributed by atoms with Crippen LogP contribution in [0.5, 0.6) is 5.75 Å². The van der Waals surface area contributed by atoms with E-state index < -0.39 is 5.97 Å². The molecule has 1 N–H and O–H groups in total. The van der Waals surface area contributed by atoms with Crippen molar-refractivity contribution in [1.29, 1.82) is 0 Å². The van der Waals surface area contributed by atoms with E-state index in [9.17, 15) is 4.79 Å². The fourth-order valence-corrected chi connectivity index (χ4v) is 3.55. The van der Waals surface area contributed by atoms with E-state index in [1.807, 2.05) is 35.0 Å². The van der Waals surface area contributed by atoms with Crippen molar-refractivity contribution in [1.82, 2.24) is 9.97 Å². The highest BCUT2D eigenvalue weighted by Crippen LogP contribution is 2.23. The van der Waals surface area contributed by atoms with E-state index in [4.69, 9.17) is 9.84 Å². The molecule has 0 bridgehead atoms. The number of hydrazone groups is 1. The van der Waals surface area contributed by atoms with Crippen LogP contribution in [0.15, 0.2) is 71.6 Å². The second-order valence-electron chi connectivity index (χ2n) is 7.44. The third kappa shape index (κ3) is 5.35. The van der Waals surface area contributed by atoms with Crippen molar-refractivity contribution in [2.24, 2.45) is 11.0 Å². The summed E-state index contributed by atoms with van der Waals surface area (Å²) in [4.78, 5) is 19.6. The zero-order valence-electron chi connectivity index (χ0n) is 17.7. The largest absolute Gasteiger partial charge is 0.489 e. The van der Waals surface area contributed by atoms with Gasteiger partial charge < -0.3 is 9.84 Å². The number of hydrogen-bond acceptors (Lipinski definition) is 5. The Balaban J connectivity index is 1.36. The molecule has 7 nitrogen and oxygen atoms in total. The first-order valence-electron chi connectivity index (χ1n) is 10.3. The van der Waals surface area contributed by atoms with Gasteiger partial charge in [-0.25, -0.2) is 9.97 Å². The molecule has 0 fully saturated rings. The lowest BCUT2D eigenvalue weighted by Crippen LogP contribution is -2.14. The van der Waals surface area contributed by atoms with Crippen LogP contribution < -0.4 is 4.74 Å². The molecule has 0 spiro atoms. The first-order valence-corrected chi connectivity index (χ1v) is 10.3. The number of aromatic nitrogens is 2. The zero-order chi connectivity index (χ0) is 22.3. The summed E-state index contributed by atoms with van der Waals surface area (Å²) in [6.07, 6.45) is 11.7. The van der Waals surface area contributed by atoms with E-state index in [1.165, 1.54) is 0 Å². The number of carboxylic acid groups (broad SMARTS) is 1. The van der Waals surface area contributed by atoms with Gasteiger partial charge >= 0.3 is 5.97 Å². The Morgan fingerprint density at radius 3 is 2.75 bits per heavy atom. The fourth-order valence-electron chi connectivity index (χ4n) is 3.55. The number of carbonyl (C=O) groups is 1. The van der Waals surface area contributed by atoms with Crippen LogP contribution in [0, 0.1) is 17.8 Å². The molecule has 0 radical (unpaired) electrons. The highest BCUT2D eigenvalue weighted by atomic mass is 16.5. The average Bonchev–Trinajstić information content (AvgIpc) is 3.19. The summed E-state index contributed by atoms with van der Waals surface area (Å²) < 4.78 is 7.79. The summed E-state index contributed by atoms with van der Waals surface area (Å²) in [5, 5.41) is 13.7. The van der Waals surface area contributed by atoms with Crippen LogP contribution in [-0.4, -0.2) is 44.3 Å². The summed E-state index contributed by atoms with van der Waals surface area (Å²) in [6.45, 7) is 2.66. The molecule has 1 unspecified atom stereocenters. The molecular weight excluding hydrogens is 404 g/mol. The van der Waals surface area contributed by atoms with Gasteiger partial charge in [-0.3, -0.25) is 4.79 Å². The molecule has 1 aromatic carbocycles. The van der Waals surface area contributed by atoms with Crippen molar-refractivity contribution in [3.05, 3.63) is 77.9 Å². The SMILES string of the molecule is CC#C[C@@H](CC(=O)O)c1ccc(OCC2=CC3=N[N+](Cc4ncccn4)=CC3C=C2)cc1. The summed E-state index contributed by atoms with van der Waals surface area (Å²) in [6, 6.07) is 9.23. The van der Waals surface area contributed by atoms with Crippen molar-refractivity contribution in [3.63, 3.8) is 0 Å². The lowest BCUT2D eigenvalue weighted by Gasteiger charge is -2.12. The summed E-state index contributed by atoms with van der Waals surface area (Å²) in [5.74, 6) is 6.15. The van der Waals surface area contributed by atoms with Crippen LogP contribution >= 0.6 is 0 Å². The van der Waals surface area contributed by atoms with Gasteiger partial charge in [0.1, 0.15) is 24.0 Å². The number of carboxylic acids is 1. The number of fused-ring (bicyclic) bond motifs is 1. The molecule has 0 saturated heterocycles.